The maximum absolute atomic E-state index is 12.5. The average Bonchev–Trinajstić information content (AvgIpc) is 2.92. The van der Waals surface area contributed by atoms with Crippen LogP contribution in [-0.2, 0) is 4.79 Å². The third-order valence-corrected chi connectivity index (χ3v) is 7.00. The molecule has 0 heterocycles. The highest BCUT2D eigenvalue weighted by Gasteiger charge is 2.16. The van der Waals surface area contributed by atoms with Crippen molar-refractivity contribution in [2.45, 2.75) is 96.8 Å². The fraction of sp³-hybridized carbons (Fsp3) is 0.516. The molecule has 39 heavy (non-hydrogen) atoms. The van der Waals surface area contributed by atoms with Gasteiger partial charge < -0.3 is 9.47 Å². The molecular formula is C31H42Cl2N2O4. The maximum atomic E-state index is 12.5. The molecule has 6 nitrogen and oxygen atoms in total. The Balaban J connectivity index is 1.63. The van der Waals surface area contributed by atoms with Crippen molar-refractivity contribution in [1.82, 2.24) is 5.43 Å². The van der Waals surface area contributed by atoms with Crippen molar-refractivity contribution in [3.63, 3.8) is 0 Å². The van der Waals surface area contributed by atoms with Crippen LogP contribution in [0.4, 0.5) is 0 Å². The van der Waals surface area contributed by atoms with E-state index in [4.69, 9.17) is 32.7 Å². The van der Waals surface area contributed by atoms with E-state index in [-0.39, 0.29) is 22.2 Å². The predicted octanol–water partition coefficient (Wildman–Crippen LogP) is 9.15. The number of rotatable bonds is 19. The van der Waals surface area contributed by atoms with Gasteiger partial charge in [-0.1, -0.05) is 107 Å². The van der Waals surface area contributed by atoms with Gasteiger partial charge in [-0.25, -0.2) is 10.2 Å². The molecule has 0 radical (unpaired) electrons. The number of nitrogens with zero attached hydrogens (tertiary/aromatic N) is 1. The molecule has 1 N–H and O–H groups in total. The van der Waals surface area contributed by atoms with E-state index in [1.54, 1.807) is 24.3 Å². The zero-order valence-corrected chi connectivity index (χ0v) is 24.8. The molecule has 2 aromatic rings. The fourth-order valence-electron chi connectivity index (χ4n) is 4.20. The van der Waals surface area contributed by atoms with Crippen molar-refractivity contribution in [1.29, 1.82) is 0 Å². The fourth-order valence-corrected chi connectivity index (χ4v) is 4.68. The zero-order chi connectivity index (χ0) is 28.3. The van der Waals surface area contributed by atoms with Crippen LogP contribution in [0, 0.1) is 0 Å². The molecule has 0 saturated carbocycles. The van der Waals surface area contributed by atoms with Gasteiger partial charge >= 0.3 is 5.97 Å². The van der Waals surface area contributed by atoms with Gasteiger partial charge in [0.15, 0.2) is 11.5 Å². The summed E-state index contributed by atoms with van der Waals surface area (Å²) < 4.78 is 10.8. The summed E-state index contributed by atoms with van der Waals surface area (Å²) >= 11 is 12.0. The summed E-state index contributed by atoms with van der Waals surface area (Å²) in [5.41, 5.74) is 3.44. The second-order valence-electron chi connectivity index (χ2n) is 9.71. The molecule has 0 saturated heterocycles. The van der Waals surface area contributed by atoms with Crippen molar-refractivity contribution in [2.75, 3.05) is 7.11 Å². The summed E-state index contributed by atoms with van der Waals surface area (Å²) in [4.78, 5) is 24.6. The smallest absolute Gasteiger partial charge is 0.345 e. The first-order valence-electron chi connectivity index (χ1n) is 14.1. The van der Waals surface area contributed by atoms with Gasteiger partial charge in [-0.15, -0.1) is 0 Å². The number of halogens is 2. The molecule has 0 fully saturated rings. The lowest BCUT2D eigenvalue weighted by Crippen LogP contribution is -2.16. The van der Waals surface area contributed by atoms with Crippen LogP contribution in [0.2, 0.25) is 10.0 Å². The second-order valence-corrected chi connectivity index (χ2v) is 10.6. The molecule has 0 aliphatic heterocycles. The van der Waals surface area contributed by atoms with Crippen molar-refractivity contribution >= 4 is 41.3 Å². The van der Waals surface area contributed by atoms with Gasteiger partial charge in [0.2, 0.25) is 5.91 Å². The third-order valence-electron chi connectivity index (χ3n) is 6.45. The normalized spacial score (nSPS) is 11.1. The lowest BCUT2D eigenvalue weighted by molar-refractivity contribution is -0.121. The van der Waals surface area contributed by atoms with E-state index in [1.807, 2.05) is 0 Å². The van der Waals surface area contributed by atoms with Crippen LogP contribution < -0.4 is 14.9 Å². The Kier molecular flexibility index (Phi) is 16.3. The highest BCUT2D eigenvalue weighted by Crippen LogP contribution is 2.30. The number of carbonyl (C=O) groups is 2. The SMILES string of the molecule is CCCCCCCCCCCCCCCC(=O)N/N=C/c1ccc(OC(=O)c2ccc(Cl)cc2Cl)c(OC)c1. The van der Waals surface area contributed by atoms with Crippen molar-refractivity contribution < 1.29 is 19.1 Å². The van der Waals surface area contributed by atoms with Crippen LogP contribution >= 0.6 is 23.2 Å². The number of unbranched alkanes of at least 4 members (excludes halogenated alkanes) is 12. The molecule has 0 aliphatic rings. The molecule has 2 aromatic carbocycles. The number of ether oxygens (including phenoxy) is 2. The molecule has 8 heteroatoms. The van der Waals surface area contributed by atoms with Crippen LogP contribution in [0.5, 0.6) is 11.5 Å². The van der Waals surface area contributed by atoms with Gasteiger partial charge in [-0.2, -0.15) is 5.10 Å². The number of hydrogen-bond acceptors (Lipinski definition) is 5. The van der Waals surface area contributed by atoms with E-state index in [9.17, 15) is 9.59 Å². The minimum Gasteiger partial charge on any atom is -0.493 e. The molecule has 0 unspecified atom stereocenters. The van der Waals surface area contributed by atoms with Gasteiger partial charge in [-0.3, -0.25) is 4.79 Å². The Morgan fingerprint density at radius 1 is 0.821 bits per heavy atom. The molecule has 0 aromatic heterocycles. The first kappa shape index (κ1) is 32.6. The zero-order valence-electron chi connectivity index (χ0n) is 23.3. The number of nitrogens with one attached hydrogen (secondary N) is 1. The third kappa shape index (κ3) is 13.4. The maximum Gasteiger partial charge on any atom is 0.345 e. The van der Waals surface area contributed by atoms with E-state index < -0.39 is 5.97 Å². The number of amides is 1. The quantitative estimate of drug-likeness (QED) is 0.0594. The van der Waals surface area contributed by atoms with Gasteiger partial charge in [0.1, 0.15) is 0 Å². The lowest BCUT2D eigenvalue weighted by Gasteiger charge is -2.10. The van der Waals surface area contributed by atoms with E-state index >= 15 is 0 Å². The molecule has 0 spiro atoms. The predicted molar refractivity (Wildman–Crippen MR) is 160 cm³/mol. The Labute approximate surface area is 243 Å². The van der Waals surface area contributed by atoms with Gasteiger partial charge in [0, 0.05) is 11.4 Å². The minimum absolute atomic E-state index is 0.105. The Bertz CT molecular complexity index is 1060. The first-order chi connectivity index (χ1) is 18.9. The van der Waals surface area contributed by atoms with E-state index in [2.05, 4.69) is 17.5 Å². The Morgan fingerprint density at radius 3 is 2.03 bits per heavy atom. The summed E-state index contributed by atoms with van der Waals surface area (Å²) in [6.07, 6.45) is 18.5. The Hall–Kier alpha value is -2.57. The number of hydrogen-bond donors (Lipinski definition) is 1. The van der Waals surface area contributed by atoms with Gasteiger partial charge in [0.05, 0.1) is 23.9 Å². The number of benzene rings is 2. The van der Waals surface area contributed by atoms with E-state index in [1.165, 1.54) is 96.1 Å². The topological polar surface area (TPSA) is 77.0 Å². The summed E-state index contributed by atoms with van der Waals surface area (Å²) in [6, 6.07) is 9.50. The summed E-state index contributed by atoms with van der Waals surface area (Å²) in [6.45, 7) is 2.26. The molecule has 0 bridgehead atoms. The van der Waals surface area contributed by atoms with Crippen molar-refractivity contribution in [3.05, 3.63) is 57.6 Å². The van der Waals surface area contributed by atoms with E-state index in [0.717, 1.165) is 12.8 Å². The number of esters is 1. The molecule has 214 valence electrons. The number of hydrazone groups is 1. The van der Waals surface area contributed by atoms with Gasteiger partial charge in [0.25, 0.3) is 0 Å². The summed E-state index contributed by atoms with van der Waals surface area (Å²) in [5.74, 6) is -0.156. The average molecular weight is 578 g/mol. The molecule has 0 atom stereocenters. The van der Waals surface area contributed by atoms with Crippen molar-refractivity contribution in [2.24, 2.45) is 5.10 Å². The molecule has 1 amide bonds. The van der Waals surface area contributed by atoms with Crippen LogP contribution in [0.3, 0.4) is 0 Å². The largest absolute Gasteiger partial charge is 0.493 e. The van der Waals surface area contributed by atoms with Crippen LogP contribution in [0.25, 0.3) is 0 Å². The van der Waals surface area contributed by atoms with Crippen molar-refractivity contribution in [3.8, 4) is 11.5 Å². The van der Waals surface area contributed by atoms with Gasteiger partial charge in [-0.05, 0) is 48.4 Å². The molecule has 0 aliphatic carbocycles. The lowest BCUT2D eigenvalue weighted by atomic mass is 10.0. The molecule has 2 rings (SSSR count). The first-order valence-corrected chi connectivity index (χ1v) is 14.9. The number of methoxy groups -OCH3 is 1. The van der Waals surface area contributed by atoms with Crippen LogP contribution in [0.15, 0.2) is 41.5 Å². The molecular weight excluding hydrogens is 535 g/mol. The Morgan fingerprint density at radius 2 is 1.44 bits per heavy atom. The second kappa shape index (κ2) is 19.5. The highest BCUT2D eigenvalue weighted by molar-refractivity contribution is 6.36. The number of carbonyl (C=O) groups excluding carboxylic acids is 2. The summed E-state index contributed by atoms with van der Waals surface area (Å²) in [7, 11) is 1.47. The minimum atomic E-state index is -0.628. The van der Waals surface area contributed by atoms with Crippen LogP contribution in [-0.4, -0.2) is 25.2 Å². The summed E-state index contributed by atoms with van der Waals surface area (Å²) in [5, 5.41) is 4.66. The highest BCUT2D eigenvalue weighted by atomic mass is 35.5. The standard InChI is InChI=1S/C31H42Cl2N2O4/c1-3-4-5-6-7-8-9-10-11-12-13-14-15-16-30(36)35-34-23-24-17-20-28(29(21-24)38-2)39-31(37)26-19-18-25(32)22-27(26)33/h17-23H,3-16H2,1-2H3,(H,35,36)/b34-23+. The van der Waals surface area contributed by atoms with Crippen LogP contribution in [0.1, 0.15) is 113 Å². The monoisotopic (exact) mass is 576 g/mol. The van der Waals surface area contributed by atoms with E-state index in [0.29, 0.717) is 22.8 Å².